The second kappa shape index (κ2) is 7.07. The lowest BCUT2D eigenvalue weighted by atomic mass is 10.1. The molecule has 0 aliphatic heterocycles. The number of aromatic nitrogens is 2. The highest BCUT2D eigenvalue weighted by atomic mass is 16.4. The zero-order valence-electron chi connectivity index (χ0n) is 15.2. The first kappa shape index (κ1) is 18.0. The lowest BCUT2D eigenvalue weighted by molar-refractivity contribution is -0.136. The number of benzene rings is 1. The molecule has 0 amide bonds. The third-order valence-corrected chi connectivity index (χ3v) is 4.10. The fourth-order valence-corrected chi connectivity index (χ4v) is 2.86. The largest absolute Gasteiger partial charge is 0.481 e. The molecular formula is C19H27N3O2. The Balaban J connectivity index is 2.10. The highest BCUT2D eigenvalue weighted by molar-refractivity contribution is 5.67. The fraction of sp³-hybridized carbons (Fsp3) is 0.474. The van der Waals surface area contributed by atoms with Crippen molar-refractivity contribution >= 4 is 11.7 Å². The SMILES string of the molecule is Cc1nn(C(C)(C)C)c(C)c1CNc1cccc(CCC(=O)O)c1. The minimum absolute atomic E-state index is 0.0379. The number of aliphatic carboxylic acids is 1. The monoisotopic (exact) mass is 329 g/mol. The lowest BCUT2D eigenvalue weighted by Crippen LogP contribution is -2.24. The number of nitrogens with zero attached hydrogens (tertiary/aromatic N) is 2. The number of nitrogens with one attached hydrogen (secondary N) is 1. The van der Waals surface area contributed by atoms with Crippen LogP contribution in [0.15, 0.2) is 24.3 Å². The molecule has 0 radical (unpaired) electrons. The van der Waals surface area contributed by atoms with Gasteiger partial charge in [-0.1, -0.05) is 12.1 Å². The molecule has 130 valence electrons. The molecule has 0 unspecified atom stereocenters. The van der Waals surface area contributed by atoms with Crippen molar-refractivity contribution in [1.82, 2.24) is 9.78 Å². The molecule has 0 aliphatic rings. The van der Waals surface area contributed by atoms with E-state index in [-0.39, 0.29) is 12.0 Å². The molecular weight excluding hydrogens is 302 g/mol. The van der Waals surface area contributed by atoms with E-state index in [4.69, 9.17) is 5.11 Å². The third-order valence-electron chi connectivity index (χ3n) is 4.10. The first-order valence-corrected chi connectivity index (χ1v) is 8.28. The molecule has 24 heavy (non-hydrogen) atoms. The van der Waals surface area contributed by atoms with Crippen molar-refractivity contribution in [3.63, 3.8) is 0 Å². The number of rotatable bonds is 6. The molecule has 2 N–H and O–H groups in total. The van der Waals surface area contributed by atoms with Gasteiger partial charge in [-0.25, -0.2) is 0 Å². The number of carbonyl (C=O) groups is 1. The molecule has 0 bridgehead atoms. The van der Waals surface area contributed by atoms with E-state index < -0.39 is 5.97 Å². The molecule has 0 saturated heterocycles. The van der Waals surface area contributed by atoms with Crippen LogP contribution in [0.2, 0.25) is 0 Å². The van der Waals surface area contributed by atoms with Gasteiger partial charge >= 0.3 is 5.97 Å². The van der Waals surface area contributed by atoms with E-state index in [0.717, 1.165) is 16.9 Å². The van der Waals surface area contributed by atoms with Gasteiger partial charge in [0.15, 0.2) is 0 Å². The minimum Gasteiger partial charge on any atom is -0.481 e. The van der Waals surface area contributed by atoms with Gasteiger partial charge in [0, 0.05) is 29.9 Å². The summed E-state index contributed by atoms with van der Waals surface area (Å²) in [7, 11) is 0. The molecule has 2 rings (SSSR count). The molecule has 0 fully saturated rings. The topological polar surface area (TPSA) is 67.2 Å². The smallest absolute Gasteiger partial charge is 0.303 e. The van der Waals surface area contributed by atoms with E-state index in [0.29, 0.717) is 13.0 Å². The Labute approximate surface area is 143 Å². The van der Waals surface area contributed by atoms with E-state index in [2.05, 4.69) is 42.8 Å². The Bertz CT molecular complexity index is 727. The number of carboxylic acid groups (broad SMARTS) is 1. The number of anilines is 1. The van der Waals surface area contributed by atoms with Crippen LogP contribution < -0.4 is 5.32 Å². The second-order valence-electron chi connectivity index (χ2n) is 7.18. The number of aryl methyl sites for hydroxylation is 2. The highest BCUT2D eigenvalue weighted by Crippen LogP contribution is 2.22. The summed E-state index contributed by atoms with van der Waals surface area (Å²) in [5.41, 5.74) is 5.41. The molecule has 5 nitrogen and oxygen atoms in total. The summed E-state index contributed by atoms with van der Waals surface area (Å²) < 4.78 is 2.07. The van der Waals surface area contributed by atoms with Crippen LogP contribution in [-0.4, -0.2) is 20.9 Å². The maximum Gasteiger partial charge on any atom is 0.303 e. The van der Waals surface area contributed by atoms with Crippen molar-refractivity contribution in [2.24, 2.45) is 0 Å². The summed E-state index contributed by atoms with van der Waals surface area (Å²) in [5, 5.41) is 16.9. The molecule has 1 aromatic carbocycles. The standard InChI is InChI=1S/C19H27N3O2/c1-13-17(14(2)22(21-13)19(3,4)5)12-20-16-8-6-7-15(11-16)9-10-18(23)24/h6-8,11,20H,9-10,12H2,1-5H3,(H,23,24). The van der Waals surface area contributed by atoms with Crippen molar-refractivity contribution < 1.29 is 9.90 Å². The van der Waals surface area contributed by atoms with Gasteiger partial charge in [-0.15, -0.1) is 0 Å². The second-order valence-corrected chi connectivity index (χ2v) is 7.18. The molecule has 0 spiro atoms. The molecule has 0 aliphatic carbocycles. The van der Waals surface area contributed by atoms with Crippen LogP contribution in [-0.2, 0) is 23.3 Å². The quantitative estimate of drug-likeness (QED) is 0.844. The summed E-state index contributed by atoms with van der Waals surface area (Å²) >= 11 is 0. The Kier molecular flexibility index (Phi) is 5.32. The maximum atomic E-state index is 10.7. The van der Waals surface area contributed by atoms with Crippen LogP contribution >= 0.6 is 0 Å². The summed E-state index contributed by atoms with van der Waals surface area (Å²) in [6.45, 7) is 11.3. The maximum absolute atomic E-state index is 10.7. The van der Waals surface area contributed by atoms with Crippen LogP contribution in [0.25, 0.3) is 0 Å². The molecule has 2 aromatic rings. The first-order chi connectivity index (χ1) is 11.2. The summed E-state index contributed by atoms with van der Waals surface area (Å²) in [6, 6.07) is 7.94. The zero-order chi connectivity index (χ0) is 17.9. The van der Waals surface area contributed by atoms with E-state index in [1.165, 1.54) is 11.3 Å². The predicted octanol–water partition coefficient (Wildman–Crippen LogP) is 3.88. The molecule has 1 aromatic heterocycles. The first-order valence-electron chi connectivity index (χ1n) is 8.28. The summed E-state index contributed by atoms with van der Waals surface area (Å²) in [5.74, 6) is -0.769. The summed E-state index contributed by atoms with van der Waals surface area (Å²) in [4.78, 5) is 10.7. The molecule has 1 heterocycles. The Morgan fingerprint density at radius 1 is 1.29 bits per heavy atom. The fourth-order valence-electron chi connectivity index (χ4n) is 2.86. The van der Waals surface area contributed by atoms with Gasteiger partial charge in [0.25, 0.3) is 0 Å². The average Bonchev–Trinajstić information content (AvgIpc) is 2.78. The Morgan fingerprint density at radius 2 is 2.00 bits per heavy atom. The van der Waals surface area contributed by atoms with Gasteiger partial charge in [-0.3, -0.25) is 9.48 Å². The van der Waals surface area contributed by atoms with Crippen LogP contribution in [0.1, 0.15) is 49.7 Å². The minimum atomic E-state index is -0.769. The van der Waals surface area contributed by atoms with Crippen LogP contribution in [0.3, 0.4) is 0 Å². The Morgan fingerprint density at radius 3 is 2.58 bits per heavy atom. The molecule has 5 heteroatoms. The van der Waals surface area contributed by atoms with Crippen molar-refractivity contribution in [2.45, 2.75) is 59.5 Å². The van der Waals surface area contributed by atoms with E-state index in [1.54, 1.807) is 0 Å². The van der Waals surface area contributed by atoms with Crippen LogP contribution in [0.4, 0.5) is 5.69 Å². The third kappa shape index (κ3) is 4.37. The normalized spacial score (nSPS) is 11.5. The van der Waals surface area contributed by atoms with Gasteiger partial charge in [0.05, 0.1) is 11.2 Å². The molecule has 0 saturated carbocycles. The van der Waals surface area contributed by atoms with Gasteiger partial charge in [-0.05, 0) is 58.7 Å². The van der Waals surface area contributed by atoms with Gasteiger partial charge in [0.2, 0.25) is 0 Å². The number of hydrogen-bond donors (Lipinski definition) is 2. The van der Waals surface area contributed by atoms with Crippen molar-refractivity contribution in [3.8, 4) is 0 Å². The van der Waals surface area contributed by atoms with Crippen LogP contribution in [0.5, 0.6) is 0 Å². The highest BCUT2D eigenvalue weighted by Gasteiger charge is 2.20. The van der Waals surface area contributed by atoms with Gasteiger partial charge in [-0.2, -0.15) is 5.10 Å². The van der Waals surface area contributed by atoms with E-state index in [1.807, 2.05) is 31.2 Å². The van der Waals surface area contributed by atoms with Crippen LogP contribution in [0, 0.1) is 13.8 Å². The Hall–Kier alpha value is -2.30. The van der Waals surface area contributed by atoms with E-state index >= 15 is 0 Å². The zero-order valence-corrected chi connectivity index (χ0v) is 15.2. The van der Waals surface area contributed by atoms with Crippen molar-refractivity contribution in [3.05, 3.63) is 46.8 Å². The van der Waals surface area contributed by atoms with Gasteiger partial charge < -0.3 is 10.4 Å². The van der Waals surface area contributed by atoms with E-state index in [9.17, 15) is 4.79 Å². The van der Waals surface area contributed by atoms with Gasteiger partial charge in [0.1, 0.15) is 0 Å². The lowest BCUT2D eigenvalue weighted by Gasteiger charge is -2.21. The predicted molar refractivity (Wildman–Crippen MR) is 96.4 cm³/mol. The van der Waals surface area contributed by atoms with Crippen molar-refractivity contribution in [2.75, 3.05) is 5.32 Å². The average molecular weight is 329 g/mol. The number of carboxylic acids is 1. The summed E-state index contributed by atoms with van der Waals surface area (Å²) in [6.07, 6.45) is 0.699. The molecule has 0 atom stereocenters. The number of hydrogen-bond acceptors (Lipinski definition) is 3. The van der Waals surface area contributed by atoms with Crippen molar-refractivity contribution in [1.29, 1.82) is 0 Å².